The summed E-state index contributed by atoms with van der Waals surface area (Å²) in [4.78, 5) is 14.6. The van der Waals surface area contributed by atoms with Gasteiger partial charge in [-0.05, 0) is 54.8 Å². The lowest BCUT2D eigenvalue weighted by atomic mass is 10.1. The van der Waals surface area contributed by atoms with E-state index in [9.17, 15) is 4.79 Å². The van der Waals surface area contributed by atoms with Gasteiger partial charge in [-0.3, -0.25) is 9.69 Å². The Morgan fingerprint density at radius 2 is 1.71 bits per heavy atom. The molecule has 0 saturated carbocycles. The van der Waals surface area contributed by atoms with Gasteiger partial charge in [-0.25, -0.2) is 0 Å². The first-order valence-corrected chi connectivity index (χ1v) is 11.6. The smallest absolute Gasteiger partial charge is 0.230 e. The first kappa shape index (κ1) is 21.5. The molecule has 0 bridgehead atoms. The molecule has 0 radical (unpaired) electrons. The summed E-state index contributed by atoms with van der Waals surface area (Å²) in [6.07, 6.45) is 3.98. The molecule has 1 fully saturated rings. The fourth-order valence-electron chi connectivity index (χ4n) is 3.28. The minimum absolute atomic E-state index is 0.0347. The van der Waals surface area contributed by atoms with Gasteiger partial charge in [0.05, 0.1) is 5.75 Å². The highest BCUT2D eigenvalue weighted by atomic mass is 35.5. The number of carbonyl (C=O) groups is 1. The first-order chi connectivity index (χ1) is 13.6. The van der Waals surface area contributed by atoms with Crippen molar-refractivity contribution < 1.29 is 4.79 Å². The van der Waals surface area contributed by atoms with Crippen LogP contribution in [-0.4, -0.2) is 29.6 Å². The number of benzene rings is 2. The highest BCUT2D eigenvalue weighted by Gasteiger charge is 2.10. The van der Waals surface area contributed by atoms with Gasteiger partial charge in [-0.15, -0.1) is 11.8 Å². The first-order valence-electron chi connectivity index (χ1n) is 9.69. The summed E-state index contributed by atoms with van der Waals surface area (Å²) in [6.45, 7) is 4.00. The SMILES string of the molecule is O=C(CSCc1ccc(Cl)cc1Cl)NCc1ccc(CN2CCCCC2)cc1. The zero-order valence-electron chi connectivity index (χ0n) is 15.9. The van der Waals surface area contributed by atoms with E-state index >= 15 is 0 Å². The Morgan fingerprint density at radius 3 is 2.43 bits per heavy atom. The number of halogens is 2. The van der Waals surface area contributed by atoms with Crippen molar-refractivity contribution in [1.29, 1.82) is 0 Å². The maximum atomic E-state index is 12.1. The maximum absolute atomic E-state index is 12.1. The number of hydrogen-bond donors (Lipinski definition) is 1. The molecule has 3 rings (SSSR count). The zero-order chi connectivity index (χ0) is 19.8. The van der Waals surface area contributed by atoms with Crippen molar-refractivity contribution in [3.63, 3.8) is 0 Å². The van der Waals surface area contributed by atoms with Crippen LogP contribution >= 0.6 is 35.0 Å². The highest BCUT2D eigenvalue weighted by Crippen LogP contribution is 2.24. The number of nitrogens with zero attached hydrogens (tertiary/aromatic N) is 1. The second-order valence-electron chi connectivity index (χ2n) is 7.16. The molecule has 2 aromatic rings. The molecule has 150 valence electrons. The standard InChI is InChI=1S/C22H26Cl2N2OS/c23-20-9-8-19(21(24)12-20)15-28-16-22(27)25-13-17-4-6-18(7-5-17)14-26-10-2-1-3-11-26/h4-9,12H,1-3,10-11,13-16H2,(H,25,27). The van der Waals surface area contributed by atoms with Gasteiger partial charge >= 0.3 is 0 Å². The Balaban J connectivity index is 1.36. The number of hydrogen-bond acceptors (Lipinski definition) is 3. The molecule has 3 nitrogen and oxygen atoms in total. The van der Waals surface area contributed by atoms with Crippen molar-refractivity contribution in [3.05, 3.63) is 69.2 Å². The minimum Gasteiger partial charge on any atom is -0.351 e. The Labute approximate surface area is 181 Å². The zero-order valence-corrected chi connectivity index (χ0v) is 18.3. The molecule has 1 aliphatic heterocycles. The third-order valence-electron chi connectivity index (χ3n) is 4.87. The van der Waals surface area contributed by atoms with Crippen molar-refractivity contribution in [1.82, 2.24) is 10.2 Å². The Bertz CT molecular complexity index is 777. The average Bonchev–Trinajstić information content (AvgIpc) is 2.70. The molecule has 6 heteroatoms. The molecule has 2 aromatic carbocycles. The van der Waals surface area contributed by atoms with Gasteiger partial charge < -0.3 is 5.32 Å². The summed E-state index contributed by atoms with van der Waals surface area (Å²) in [7, 11) is 0. The van der Waals surface area contributed by atoms with Gasteiger partial charge in [0.25, 0.3) is 0 Å². The highest BCUT2D eigenvalue weighted by molar-refractivity contribution is 7.99. The van der Waals surface area contributed by atoms with Crippen LogP contribution in [0.15, 0.2) is 42.5 Å². The van der Waals surface area contributed by atoms with E-state index in [0.717, 1.165) is 17.7 Å². The van der Waals surface area contributed by atoms with Crippen molar-refractivity contribution in [2.45, 2.75) is 38.1 Å². The number of thioether (sulfide) groups is 1. The summed E-state index contributed by atoms with van der Waals surface area (Å²) in [5.74, 6) is 1.13. The van der Waals surface area contributed by atoms with E-state index in [0.29, 0.717) is 28.1 Å². The molecule has 0 unspecified atom stereocenters. The molecule has 1 amide bonds. The molecule has 1 heterocycles. The van der Waals surface area contributed by atoms with Gasteiger partial charge in [0, 0.05) is 28.9 Å². The molecular weight excluding hydrogens is 411 g/mol. The van der Waals surface area contributed by atoms with Crippen molar-refractivity contribution >= 4 is 40.9 Å². The molecule has 0 spiro atoms. The van der Waals surface area contributed by atoms with Crippen LogP contribution in [0.3, 0.4) is 0 Å². The number of nitrogens with one attached hydrogen (secondary N) is 1. The monoisotopic (exact) mass is 436 g/mol. The fourth-order valence-corrected chi connectivity index (χ4v) is 4.70. The fraction of sp³-hybridized carbons (Fsp3) is 0.409. The van der Waals surface area contributed by atoms with Crippen LogP contribution in [-0.2, 0) is 23.6 Å². The van der Waals surface area contributed by atoms with Crippen LogP contribution in [0.1, 0.15) is 36.0 Å². The van der Waals surface area contributed by atoms with Crippen molar-refractivity contribution in [2.24, 2.45) is 0 Å². The lowest BCUT2D eigenvalue weighted by Gasteiger charge is -2.26. The van der Waals surface area contributed by atoms with E-state index in [4.69, 9.17) is 23.2 Å². The molecule has 28 heavy (non-hydrogen) atoms. The van der Waals surface area contributed by atoms with Crippen molar-refractivity contribution in [3.8, 4) is 0 Å². The lowest BCUT2D eigenvalue weighted by Crippen LogP contribution is -2.29. The van der Waals surface area contributed by atoms with Crippen LogP contribution in [0, 0.1) is 0 Å². The third kappa shape index (κ3) is 7.00. The van der Waals surface area contributed by atoms with Gasteiger partial charge in [0.1, 0.15) is 0 Å². The molecule has 1 N–H and O–H groups in total. The van der Waals surface area contributed by atoms with Gasteiger partial charge in [-0.2, -0.15) is 0 Å². The normalized spacial score (nSPS) is 14.8. The van der Waals surface area contributed by atoms with Gasteiger partial charge in [-0.1, -0.05) is 60.0 Å². The topological polar surface area (TPSA) is 32.3 Å². The molecule has 1 saturated heterocycles. The molecule has 0 aliphatic carbocycles. The predicted molar refractivity (Wildman–Crippen MR) is 120 cm³/mol. The quantitative estimate of drug-likeness (QED) is 0.590. The number of likely N-dealkylation sites (tertiary alicyclic amines) is 1. The van der Waals surface area contributed by atoms with E-state index in [2.05, 4.69) is 34.5 Å². The minimum atomic E-state index is 0.0347. The molecule has 0 aromatic heterocycles. The summed E-state index contributed by atoms with van der Waals surface area (Å²) in [6, 6.07) is 14.0. The summed E-state index contributed by atoms with van der Waals surface area (Å²) in [5.41, 5.74) is 3.46. The second-order valence-corrected chi connectivity index (χ2v) is 8.99. The molecule has 0 atom stereocenters. The largest absolute Gasteiger partial charge is 0.351 e. The maximum Gasteiger partial charge on any atom is 0.230 e. The summed E-state index contributed by atoms with van der Waals surface area (Å²) < 4.78 is 0. The Hall–Kier alpha value is -1.20. The number of piperidine rings is 1. The number of rotatable bonds is 8. The van der Waals surface area contributed by atoms with Crippen LogP contribution in [0.5, 0.6) is 0 Å². The third-order valence-corrected chi connectivity index (χ3v) is 6.44. The average molecular weight is 437 g/mol. The van der Waals surface area contributed by atoms with Crippen LogP contribution in [0.2, 0.25) is 10.0 Å². The van der Waals surface area contributed by atoms with Crippen LogP contribution in [0.4, 0.5) is 0 Å². The Morgan fingerprint density at radius 1 is 1.00 bits per heavy atom. The lowest BCUT2D eigenvalue weighted by molar-refractivity contribution is -0.118. The molecule has 1 aliphatic rings. The Kier molecular flexibility index (Phi) is 8.53. The predicted octanol–water partition coefficient (Wildman–Crippen LogP) is 5.53. The number of amides is 1. The molecular formula is C22H26Cl2N2OS. The van der Waals surface area contributed by atoms with E-state index < -0.39 is 0 Å². The van der Waals surface area contributed by atoms with E-state index in [1.54, 1.807) is 17.8 Å². The van der Waals surface area contributed by atoms with Crippen molar-refractivity contribution in [2.75, 3.05) is 18.8 Å². The van der Waals surface area contributed by atoms with E-state index in [1.165, 1.54) is 37.9 Å². The summed E-state index contributed by atoms with van der Waals surface area (Å²) >= 11 is 13.6. The van der Waals surface area contributed by atoms with Crippen LogP contribution in [0.25, 0.3) is 0 Å². The number of carbonyl (C=O) groups excluding carboxylic acids is 1. The van der Waals surface area contributed by atoms with E-state index in [1.807, 2.05) is 12.1 Å². The van der Waals surface area contributed by atoms with Crippen LogP contribution < -0.4 is 5.32 Å². The van der Waals surface area contributed by atoms with E-state index in [-0.39, 0.29) is 5.91 Å². The summed E-state index contributed by atoms with van der Waals surface area (Å²) in [5, 5.41) is 4.25. The van der Waals surface area contributed by atoms with Gasteiger partial charge in [0.15, 0.2) is 0 Å². The second kappa shape index (κ2) is 11.1. The van der Waals surface area contributed by atoms with Gasteiger partial charge in [0.2, 0.25) is 5.91 Å².